The lowest BCUT2D eigenvalue weighted by molar-refractivity contribution is -0.113. The second-order valence-corrected chi connectivity index (χ2v) is 5.98. The van der Waals surface area contributed by atoms with Crippen LogP contribution in [-0.2, 0) is 4.79 Å². The highest BCUT2D eigenvalue weighted by molar-refractivity contribution is 6.11. The number of rotatable bonds is 6. The van der Waals surface area contributed by atoms with Gasteiger partial charge in [-0.25, -0.2) is 0 Å². The highest BCUT2D eigenvalue weighted by Gasteiger charge is 2.17. The molecule has 6 heteroatoms. The molecule has 0 aliphatic carbocycles. The van der Waals surface area contributed by atoms with Gasteiger partial charge in [0, 0.05) is 11.6 Å². The number of methoxy groups -OCH3 is 1. The number of ether oxygens (including phenoxy) is 1. The Morgan fingerprint density at radius 2 is 1.68 bits per heavy atom. The van der Waals surface area contributed by atoms with Crippen LogP contribution in [-0.4, -0.2) is 18.9 Å². The van der Waals surface area contributed by atoms with Crippen LogP contribution in [0.2, 0.25) is 0 Å². The summed E-state index contributed by atoms with van der Waals surface area (Å²) >= 11 is 0. The van der Waals surface area contributed by atoms with Crippen LogP contribution in [0.25, 0.3) is 6.08 Å². The molecule has 2 aromatic carbocycles. The van der Waals surface area contributed by atoms with Crippen molar-refractivity contribution in [2.45, 2.75) is 6.92 Å². The summed E-state index contributed by atoms with van der Waals surface area (Å²) in [6.07, 6.45) is 1.48. The Morgan fingerprint density at radius 3 is 2.36 bits per heavy atom. The molecule has 2 amide bonds. The van der Waals surface area contributed by atoms with Crippen LogP contribution in [0.5, 0.6) is 5.75 Å². The van der Waals surface area contributed by atoms with Gasteiger partial charge in [-0.1, -0.05) is 30.3 Å². The van der Waals surface area contributed by atoms with Gasteiger partial charge in [0.1, 0.15) is 23.0 Å². The zero-order valence-electron chi connectivity index (χ0n) is 15.6. The molecule has 1 aromatic heterocycles. The van der Waals surface area contributed by atoms with E-state index in [0.717, 1.165) is 0 Å². The minimum absolute atomic E-state index is 0.0501. The summed E-state index contributed by atoms with van der Waals surface area (Å²) in [5.41, 5.74) is 0.980. The number of aryl methyl sites for hydroxylation is 1. The topological polar surface area (TPSA) is 80.6 Å². The maximum atomic E-state index is 12.9. The van der Waals surface area contributed by atoms with Gasteiger partial charge in [0.2, 0.25) is 0 Å². The molecule has 0 aliphatic heterocycles. The van der Waals surface area contributed by atoms with E-state index in [1.807, 2.05) is 6.07 Å². The highest BCUT2D eigenvalue weighted by Crippen LogP contribution is 2.23. The van der Waals surface area contributed by atoms with E-state index in [2.05, 4.69) is 10.6 Å². The van der Waals surface area contributed by atoms with Gasteiger partial charge >= 0.3 is 0 Å². The maximum absolute atomic E-state index is 12.9. The molecule has 1 heterocycles. The molecule has 0 saturated carbocycles. The van der Waals surface area contributed by atoms with Gasteiger partial charge in [-0.15, -0.1) is 0 Å². The Labute approximate surface area is 162 Å². The van der Waals surface area contributed by atoms with Crippen LogP contribution in [0, 0.1) is 6.92 Å². The number of benzene rings is 2. The number of amides is 2. The SMILES string of the molecule is COc1ccccc1NC(=O)/C(=C\c1ccc(C)o1)NC(=O)c1ccccc1. The summed E-state index contributed by atoms with van der Waals surface area (Å²) in [7, 11) is 1.52. The van der Waals surface area contributed by atoms with Gasteiger partial charge < -0.3 is 19.8 Å². The molecule has 0 atom stereocenters. The maximum Gasteiger partial charge on any atom is 0.272 e. The summed E-state index contributed by atoms with van der Waals surface area (Å²) in [6.45, 7) is 1.80. The van der Waals surface area contributed by atoms with Crippen LogP contribution in [0.1, 0.15) is 21.9 Å². The van der Waals surface area contributed by atoms with Gasteiger partial charge in [0.05, 0.1) is 12.8 Å². The van der Waals surface area contributed by atoms with E-state index in [0.29, 0.717) is 28.5 Å². The fourth-order valence-corrected chi connectivity index (χ4v) is 2.55. The fraction of sp³-hybridized carbons (Fsp3) is 0.0909. The van der Waals surface area contributed by atoms with E-state index in [4.69, 9.17) is 9.15 Å². The van der Waals surface area contributed by atoms with Crippen LogP contribution in [0.4, 0.5) is 5.69 Å². The van der Waals surface area contributed by atoms with Crippen molar-refractivity contribution in [2.24, 2.45) is 0 Å². The number of para-hydroxylation sites is 2. The van der Waals surface area contributed by atoms with E-state index < -0.39 is 11.8 Å². The van der Waals surface area contributed by atoms with E-state index in [1.54, 1.807) is 67.6 Å². The van der Waals surface area contributed by atoms with Crippen molar-refractivity contribution in [3.05, 3.63) is 89.5 Å². The van der Waals surface area contributed by atoms with Crippen molar-refractivity contribution in [1.82, 2.24) is 5.32 Å². The Morgan fingerprint density at radius 1 is 0.964 bits per heavy atom. The van der Waals surface area contributed by atoms with Crippen LogP contribution < -0.4 is 15.4 Å². The molecular formula is C22H20N2O4. The minimum atomic E-state index is -0.497. The summed E-state index contributed by atoms with van der Waals surface area (Å²) < 4.78 is 10.8. The van der Waals surface area contributed by atoms with Crippen molar-refractivity contribution < 1.29 is 18.7 Å². The van der Waals surface area contributed by atoms with Gasteiger partial charge in [-0.2, -0.15) is 0 Å². The molecule has 3 rings (SSSR count). The Balaban J connectivity index is 1.88. The third-order valence-electron chi connectivity index (χ3n) is 3.93. The molecule has 0 spiro atoms. The molecule has 28 heavy (non-hydrogen) atoms. The molecule has 0 fully saturated rings. The molecule has 0 aliphatic rings. The lowest BCUT2D eigenvalue weighted by atomic mass is 10.2. The summed E-state index contributed by atoms with van der Waals surface area (Å²) in [4.78, 5) is 25.4. The monoisotopic (exact) mass is 376 g/mol. The molecule has 0 saturated heterocycles. The summed E-state index contributed by atoms with van der Waals surface area (Å²) in [5.74, 6) is 0.771. The lowest BCUT2D eigenvalue weighted by Crippen LogP contribution is -2.30. The third kappa shape index (κ3) is 4.67. The Bertz CT molecular complexity index is 1010. The standard InChI is InChI=1S/C22H20N2O4/c1-15-12-13-17(28-15)14-19(24-21(25)16-8-4-3-5-9-16)22(26)23-18-10-6-7-11-20(18)27-2/h3-14H,1-2H3,(H,23,26)(H,24,25)/b19-14+. The molecule has 0 radical (unpaired) electrons. The minimum Gasteiger partial charge on any atom is -0.495 e. The van der Waals surface area contributed by atoms with Gasteiger partial charge in [-0.3, -0.25) is 9.59 Å². The highest BCUT2D eigenvalue weighted by atomic mass is 16.5. The van der Waals surface area contributed by atoms with E-state index >= 15 is 0 Å². The average molecular weight is 376 g/mol. The molecular weight excluding hydrogens is 356 g/mol. The Kier molecular flexibility index (Phi) is 5.91. The number of hydrogen-bond acceptors (Lipinski definition) is 4. The fourth-order valence-electron chi connectivity index (χ4n) is 2.55. The molecule has 0 unspecified atom stereocenters. The number of nitrogens with one attached hydrogen (secondary N) is 2. The number of hydrogen-bond donors (Lipinski definition) is 2. The summed E-state index contributed by atoms with van der Waals surface area (Å²) in [5, 5.41) is 5.41. The van der Waals surface area contributed by atoms with E-state index in [9.17, 15) is 9.59 Å². The molecule has 6 nitrogen and oxygen atoms in total. The third-order valence-corrected chi connectivity index (χ3v) is 3.93. The lowest BCUT2D eigenvalue weighted by Gasteiger charge is -2.13. The zero-order valence-corrected chi connectivity index (χ0v) is 15.6. The van der Waals surface area contributed by atoms with Crippen molar-refractivity contribution in [2.75, 3.05) is 12.4 Å². The largest absolute Gasteiger partial charge is 0.495 e. The quantitative estimate of drug-likeness (QED) is 0.637. The second kappa shape index (κ2) is 8.73. The molecule has 3 aromatic rings. The predicted molar refractivity (Wildman–Crippen MR) is 107 cm³/mol. The van der Waals surface area contributed by atoms with Crippen molar-refractivity contribution >= 4 is 23.6 Å². The van der Waals surface area contributed by atoms with Gasteiger partial charge in [-0.05, 0) is 43.3 Å². The van der Waals surface area contributed by atoms with Crippen molar-refractivity contribution in [3.63, 3.8) is 0 Å². The smallest absolute Gasteiger partial charge is 0.272 e. The molecule has 0 bridgehead atoms. The van der Waals surface area contributed by atoms with Crippen LogP contribution in [0.15, 0.2) is 76.8 Å². The van der Waals surface area contributed by atoms with Crippen molar-refractivity contribution in [1.29, 1.82) is 0 Å². The van der Waals surface area contributed by atoms with E-state index in [-0.39, 0.29) is 5.70 Å². The van der Waals surface area contributed by atoms with Crippen LogP contribution in [0.3, 0.4) is 0 Å². The number of carbonyl (C=O) groups is 2. The first-order valence-electron chi connectivity index (χ1n) is 8.65. The normalized spacial score (nSPS) is 11.0. The Hall–Kier alpha value is -3.80. The summed E-state index contributed by atoms with van der Waals surface area (Å²) in [6, 6.07) is 19.2. The van der Waals surface area contributed by atoms with Crippen molar-refractivity contribution in [3.8, 4) is 5.75 Å². The molecule has 142 valence electrons. The van der Waals surface area contributed by atoms with E-state index in [1.165, 1.54) is 13.2 Å². The first-order valence-corrected chi connectivity index (χ1v) is 8.65. The predicted octanol–water partition coefficient (Wildman–Crippen LogP) is 4.01. The first-order chi connectivity index (χ1) is 13.6. The van der Waals surface area contributed by atoms with Gasteiger partial charge in [0.15, 0.2) is 0 Å². The zero-order chi connectivity index (χ0) is 19.9. The number of furan rings is 1. The first kappa shape index (κ1) is 19.0. The number of anilines is 1. The molecule has 2 N–H and O–H groups in total. The second-order valence-electron chi connectivity index (χ2n) is 5.98. The number of carbonyl (C=O) groups excluding carboxylic acids is 2. The van der Waals surface area contributed by atoms with Crippen LogP contribution >= 0.6 is 0 Å². The average Bonchev–Trinajstić information content (AvgIpc) is 3.13. The van der Waals surface area contributed by atoms with Gasteiger partial charge in [0.25, 0.3) is 11.8 Å².